The average molecular weight is 334 g/mol. The molecule has 0 heterocycles. The highest BCUT2D eigenvalue weighted by Gasteiger charge is 2.15. The smallest absolute Gasteiger partial charge is 0.223 e. The Morgan fingerprint density at radius 3 is 2.76 bits per heavy atom. The van der Waals surface area contributed by atoms with Gasteiger partial charge >= 0.3 is 0 Å². The number of hydrogen-bond donors (Lipinski definition) is 2. The van der Waals surface area contributed by atoms with Gasteiger partial charge in [0, 0.05) is 29.6 Å². The number of nitrogens with one attached hydrogen (secondary N) is 1. The molecule has 1 aromatic rings. The molecule has 4 nitrogen and oxygen atoms in total. The van der Waals surface area contributed by atoms with Gasteiger partial charge in [-0.15, -0.1) is 0 Å². The SMILES string of the molecule is COCC(O)CCNC(=O)C(C)Cc1ccc(Cl)cc1Cl. The number of halogens is 2. The second kappa shape index (κ2) is 9.26. The summed E-state index contributed by atoms with van der Waals surface area (Å²) in [6.07, 6.45) is 0.451. The monoisotopic (exact) mass is 333 g/mol. The lowest BCUT2D eigenvalue weighted by Gasteiger charge is -2.14. The number of ether oxygens (including phenoxy) is 1. The molecule has 0 aliphatic rings. The minimum Gasteiger partial charge on any atom is -0.391 e. The lowest BCUT2D eigenvalue weighted by atomic mass is 10.0. The highest BCUT2D eigenvalue weighted by molar-refractivity contribution is 6.35. The van der Waals surface area contributed by atoms with E-state index in [4.69, 9.17) is 27.9 Å². The third-order valence-corrected chi connectivity index (χ3v) is 3.71. The van der Waals surface area contributed by atoms with Crippen LogP contribution in [0.4, 0.5) is 0 Å². The molecule has 0 aromatic heterocycles. The zero-order valence-corrected chi connectivity index (χ0v) is 13.7. The molecule has 0 saturated heterocycles. The van der Waals surface area contributed by atoms with E-state index < -0.39 is 6.10 Å². The molecule has 0 aliphatic carbocycles. The Bertz CT molecular complexity index is 468. The zero-order valence-electron chi connectivity index (χ0n) is 12.2. The van der Waals surface area contributed by atoms with E-state index in [2.05, 4.69) is 5.32 Å². The fraction of sp³-hybridized carbons (Fsp3) is 0.533. The third-order valence-electron chi connectivity index (χ3n) is 3.12. The summed E-state index contributed by atoms with van der Waals surface area (Å²) in [4.78, 5) is 12.0. The molecule has 1 aromatic carbocycles. The first-order valence-corrected chi connectivity index (χ1v) is 7.58. The maximum Gasteiger partial charge on any atom is 0.223 e. The predicted octanol–water partition coefficient (Wildman–Crippen LogP) is 2.69. The molecule has 0 fully saturated rings. The van der Waals surface area contributed by atoms with E-state index in [0.717, 1.165) is 5.56 Å². The fourth-order valence-corrected chi connectivity index (χ4v) is 2.41. The number of aliphatic hydroxyl groups excluding tert-OH is 1. The van der Waals surface area contributed by atoms with E-state index in [-0.39, 0.29) is 18.4 Å². The number of methoxy groups -OCH3 is 1. The minimum absolute atomic E-state index is 0.0642. The molecule has 118 valence electrons. The standard InChI is InChI=1S/C15H21Cl2NO3/c1-10(7-11-3-4-12(16)8-14(11)17)15(20)18-6-5-13(19)9-21-2/h3-4,8,10,13,19H,5-7,9H2,1-2H3,(H,18,20). The Kier molecular flexibility index (Phi) is 8.04. The van der Waals surface area contributed by atoms with Crippen molar-refractivity contribution in [3.05, 3.63) is 33.8 Å². The van der Waals surface area contributed by atoms with Crippen LogP contribution in [0.2, 0.25) is 10.0 Å². The van der Waals surface area contributed by atoms with E-state index >= 15 is 0 Å². The molecule has 0 saturated carbocycles. The molecular formula is C15H21Cl2NO3. The lowest BCUT2D eigenvalue weighted by Crippen LogP contribution is -2.33. The molecular weight excluding hydrogens is 313 g/mol. The van der Waals surface area contributed by atoms with Crippen LogP contribution in [0, 0.1) is 5.92 Å². The molecule has 0 aliphatic heterocycles. The van der Waals surface area contributed by atoms with Gasteiger partial charge in [-0.3, -0.25) is 4.79 Å². The number of carbonyl (C=O) groups is 1. The molecule has 1 amide bonds. The molecule has 2 N–H and O–H groups in total. The van der Waals surface area contributed by atoms with Gasteiger partial charge in [0.25, 0.3) is 0 Å². The second-order valence-corrected chi connectivity index (χ2v) is 5.87. The van der Waals surface area contributed by atoms with Crippen LogP contribution in [0.15, 0.2) is 18.2 Å². The summed E-state index contributed by atoms with van der Waals surface area (Å²) in [5, 5.41) is 13.4. The van der Waals surface area contributed by atoms with Crippen LogP contribution in [0.1, 0.15) is 18.9 Å². The highest BCUT2D eigenvalue weighted by Crippen LogP contribution is 2.23. The quantitative estimate of drug-likeness (QED) is 0.768. The first-order chi connectivity index (χ1) is 9.93. The Morgan fingerprint density at radius 1 is 1.43 bits per heavy atom. The predicted molar refractivity (Wildman–Crippen MR) is 84.8 cm³/mol. The van der Waals surface area contributed by atoms with Crippen LogP contribution < -0.4 is 5.32 Å². The highest BCUT2D eigenvalue weighted by atomic mass is 35.5. The van der Waals surface area contributed by atoms with Crippen molar-refractivity contribution in [2.45, 2.75) is 25.9 Å². The van der Waals surface area contributed by atoms with E-state index in [1.807, 2.05) is 13.0 Å². The van der Waals surface area contributed by atoms with Crippen molar-refractivity contribution in [1.29, 1.82) is 0 Å². The van der Waals surface area contributed by atoms with E-state index in [1.54, 1.807) is 12.1 Å². The van der Waals surface area contributed by atoms with E-state index in [1.165, 1.54) is 7.11 Å². The van der Waals surface area contributed by atoms with Gasteiger partial charge in [-0.1, -0.05) is 36.2 Å². The van der Waals surface area contributed by atoms with Crippen LogP contribution >= 0.6 is 23.2 Å². The van der Waals surface area contributed by atoms with Crippen molar-refractivity contribution in [3.8, 4) is 0 Å². The maximum absolute atomic E-state index is 12.0. The van der Waals surface area contributed by atoms with Crippen molar-refractivity contribution >= 4 is 29.1 Å². The van der Waals surface area contributed by atoms with Gasteiger partial charge in [0.05, 0.1) is 12.7 Å². The van der Waals surface area contributed by atoms with Crippen molar-refractivity contribution in [2.24, 2.45) is 5.92 Å². The van der Waals surface area contributed by atoms with Gasteiger partial charge in [0.15, 0.2) is 0 Å². The molecule has 2 unspecified atom stereocenters. The maximum atomic E-state index is 12.0. The fourth-order valence-electron chi connectivity index (χ4n) is 1.92. The van der Waals surface area contributed by atoms with Crippen LogP contribution in [0.5, 0.6) is 0 Å². The van der Waals surface area contributed by atoms with Crippen molar-refractivity contribution < 1.29 is 14.6 Å². The number of amides is 1. The molecule has 1 rings (SSSR count). The number of benzene rings is 1. The summed E-state index contributed by atoms with van der Waals surface area (Å²) >= 11 is 11.9. The van der Waals surface area contributed by atoms with Gasteiger partial charge in [0.1, 0.15) is 0 Å². The average Bonchev–Trinajstić information content (AvgIpc) is 2.42. The van der Waals surface area contributed by atoms with Crippen molar-refractivity contribution in [1.82, 2.24) is 5.32 Å². The summed E-state index contributed by atoms with van der Waals surface area (Å²) in [7, 11) is 1.53. The van der Waals surface area contributed by atoms with Crippen LogP contribution in [-0.4, -0.2) is 37.4 Å². The first kappa shape index (κ1) is 18.2. The number of hydrogen-bond acceptors (Lipinski definition) is 3. The summed E-state index contributed by atoms with van der Waals surface area (Å²) in [5.41, 5.74) is 0.892. The van der Waals surface area contributed by atoms with Crippen LogP contribution in [0.3, 0.4) is 0 Å². The minimum atomic E-state index is -0.559. The Morgan fingerprint density at radius 2 is 2.14 bits per heavy atom. The second-order valence-electron chi connectivity index (χ2n) is 5.03. The number of rotatable bonds is 8. The topological polar surface area (TPSA) is 58.6 Å². The largest absolute Gasteiger partial charge is 0.391 e. The van der Waals surface area contributed by atoms with Gasteiger partial charge in [-0.25, -0.2) is 0 Å². The van der Waals surface area contributed by atoms with Gasteiger partial charge in [0.2, 0.25) is 5.91 Å². The van der Waals surface area contributed by atoms with E-state index in [0.29, 0.717) is 29.4 Å². The van der Waals surface area contributed by atoms with Crippen LogP contribution in [-0.2, 0) is 16.0 Å². The number of aliphatic hydroxyl groups is 1. The molecule has 0 spiro atoms. The molecule has 0 radical (unpaired) electrons. The number of carbonyl (C=O) groups excluding carboxylic acids is 1. The summed E-state index contributed by atoms with van der Waals surface area (Å²) in [6.45, 7) is 2.53. The summed E-state index contributed by atoms with van der Waals surface area (Å²) in [6, 6.07) is 5.26. The van der Waals surface area contributed by atoms with Gasteiger partial charge < -0.3 is 15.2 Å². The Labute approximate surface area is 135 Å². The van der Waals surface area contributed by atoms with Crippen molar-refractivity contribution in [3.63, 3.8) is 0 Å². The molecule has 2 atom stereocenters. The van der Waals surface area contributed by atoms with Crippen LogP contribution in [0.25, 0.3) is 0 Å². The summed E-state index contributed by atoms with van der Waals surface area (Å²) in [5.74, 6) is -0.270. The lowest BCUT2D eigenvalue weighted by molar-refractivity contribution is -0.124. The zero-order chi connectivity index (χ0) is 15.8. The molecule has 21 heavy (non-hydrogen) atoms. The Hall–Kier alpha value is -0.810. The normalized spacial score (nSPS) is 13.8. The third kappa shape index (κ3) is 6.66. The van der Waals surface area contributed by atoms with Gasteiger partial charge in [-0.05, 0) is 30.5 Å². The van der Waals surface area contributed by atoms with Crippen molar-refractivity contribution in [2.75, 3.05) is 20.3 Å². The molecule has 6 heteroatoms. The Balaban J connectivity index is 2.40. The van der Waals surface area contributed by atoms with E-state index in [9.17, 15) is 9.90 Å². The first-order valence-electron chi connectivity index (χ1n) is 6.82. The van der Waals surface area contributed by atoms with Gasteiger partial charge in [-0.2, -0.15) is 0 Å². The molecule has 0 bridgehead atoms. The summed E-state index contributed by atoms with van der Waals surface area (Å²) < 4.78 is 4.82.